The lowest BCUT2D eigenvalue weighted by Crippen LogP contribution is -2.28. The first kappa shape index (κ1) is 15.2. The van der Waals surface area contributed by atoms with Crippen molar-refractivity contribution in [3.8, 4) is 0 Å². The minimum atomic E-state index is -0.314. The fraction of sp³-hybridized carbons (Fsp3) is 0.200. The van der Waals surface area contributed by atoms with Gasteiger partial charge < -0.3 is 4.90 Å². The average Bonchev–Trinajstić information content (AvgIpc) is 3.03. The molecule has 22 heavy (non-hydrogen) atoms. The molecule has 0 atom stereocenters. The van der Waals surface area contributed by atoms with Crippen LogP contribution in [0.25, 0.3) is 4.96 Å². The van der Waals surface area contributed by atoms with Crippen LogP contribution in [-0.4, -0.2) is 27.2 Å². The Bertz CT molecular complexity index is 801. The second-order valence-electron chi connectivity index (χ2n) is 4.99. The molecule has 2 aromatic heterocycles. The number of carbonyl (C=O) groups is 1. The summed E-state index contributed by atoms with van der Waals surface area (Å²) in [5, 5.41) is 1.94. The summed E-state index contributed by atoms with van der Waals surface area (Å²) in [4.78, 5) is 19.0. The lowest BCUT2D eigenvalue weighted by atomic mass is 10.2. The van der Waals surface area contributed by atoms with Crippen LogP contribution in [0.1, 0.15) is 11.3 Å². The molecule has 3 aromatic rings. The second kappa shape index (κ2) is 6.18. The fourth-order valence-corrected chi connectivity index (χ4v) is 3.29. The number of fused-ring (bicyclic) bond motifs is 1. The highest BCUT2D eigenvalue weighted by Gasteiger charge is 2.14. The van der Waals surface area contributed by atoms with Crippen LogP contribution in [0.4, 0.5) is 4.39 Å². The molecule has 1 amide bonds. The van der Waals surface area contributed by atoms with Gasteiger partial charge in [-0.15, -0.1) is 11.3 Å². The molecule has 0 radical (unpaired) electrons. The van der Waals surface area contributed by atoms with Crippen LogP contribution in [0, 0.1) is 5.82 Å². The third-order valence-electron chi connectivity index (χ3n) is 3.32. The first-order valence-corrected chi connectivity index (χ1v) is 8.29. The number of hydrogen-bond acceptors (Lipinski definition) is 3. The van der Waals surface area contributed by atoms with Crippen molar-refractivity contribution in [2.24, 2.45) is 0 Å². The highest BCUT2D eigenvalue weighted by molar-refractivity contribution is 9.10. The fourth-order valence-electron chi connectivity index (χ4n) is 2.16. The van der Waals surface area contributed by atoms with Gasteiger partial charge in [-0.25, -0.2) is 9.37 Å². The highest BCUT2D eigenvalue weighted by Crippen LogP contribution is 2.17. The van der Waals surface area contributed by atoms with Gasteiger partial charge in [0, 0.05) is 41.4 Å². The van der Waals surface area contributed by atoms with Crippen LogP contribution in [-0.2, 0) is 17.8 Å². The first-order chi connectivity index (χ1) is 10.5. The number of halogens is 2. The maximum absolute atomic E-state index is 13.7. The van der Waals surface area contributed by atoms with Crippen molar-refractivity contribution in [1.82, 2.24) is 14.3 Å². The summed E-state index contributed by atoms with van der Waals surface area (Å²) in [6.45, 7) is 0.228. The molecule has 0 N–H and O–H groups in total. The molecular formula is C15H13BrFN3OS. The van der Waals surface area contributed by atoms with Crippen LogP contribution in [0.3, 0.4) is 0 Å². The number of rotatable bonds is 4. The van der Waals surface area contributed by atoms with Crippen molar-refractivity contribution in [3.63, 3.8) is 0 Å². The smallest absolute Gasteiger partial charge is 0.228 e. The molecule has 0 aliphatic heterocycles. The van der Waals surface area contributed by atoms with E-state index in [1.807, 2.05) is 22.2 Å². The summed E-state index contributed by atoms with van der Waals surface area (Å²) < 4.78 is 16.4. The largest absolute Gasteiger partial charge is 0.341 e. The Kier molecular flexibility index (Phi) is 4.26. The van der Waals surface area contributed by atoms with Gasteiger partial charge in [-0.3, -0.25) is 9.20 Å². The normalized spacial score (nSPS) is 11.0. The van der Waals surface area contributed by atoms with Crippen molar-refractivity contribution in [2.75, 3.05) is 7.05 Å². The summed E-state index contributed by atoms with van der Waals surface area (Å²) in [5.74, 6) is -0.407. The summed E-state index contributed by atoms with van der Waals surface area (Å²) in [6, 6.07) is 4.71. The summed E-state index contributed by atoms with van der Waals surface area (Å²) >= 11 is 4.83. The van der Waals surface area contributed by atoms with Crippen LogP contribution in [0.2, 0.25) is 0 Å². The second-order valence-corrected chi connectivity index (χ2v) is 6.78. The Balaban J connectivity index is 1.68. The van der Waals surface area contributed by atoms with Crippen LogP contribution >= 0.6 is 27.3 Å². The van der Waals surface area contributed by atoms with Crippen molar-refractivity contribution < 1.29 is 9.18 Å². The van der Waals surface area contributed by atoms with E-state index in [2.05, 4.69) is 20.9 Å². The molecule has 0 spiro atoms. The van der Waals surface area contributed by atoms with E-state index >= 15 is 0 Å². The highest BCUT2D eigenvalue weighted by atomic mass is 79.9. The molecule has 114 valence electrons. The van der Waals surface area contributed by atoms with Crippen molar-refractivity contribution in [2.45, 2.75) is 13.0 Å². The van der Waals surface area contributed by atoms with Crippen LogP contribution in [0.15, 0.2) is 40.4 Å². The van der Waals surface area contributed by atoms with Gasteiger partial charge in [-0.2, -0.15) is 0 Å². The minimum Gasteiger partial charge on any atom is -0.341 e. The zero-order valence-electron chi connectivity index (χ0n) is 11.8. The molecule has 0 aliphatic carbocycles. The zero-order valence-corrected chi connectivity index (χ0v) is 14.2. The number of thiazole rings is 1. The van der Waals surface area contributed by atoms with E-state index in [1.165, 1.54) is 22.3 Å². The molecule has 0 saturated heterocycles. The third-order valence-corrected chi connectivity index (χ3v) is 4.58. The third kappa shape index (κ3) is 3.20. The Morgan fingerprint density at radius 3 is 3.09 bits per heavy atom. The average molecular weight is 382 g/mol. The van der Waals surface area contributed by atoms with Crippen LogP contribution in [0.5, 0.6) is 0 Å². The van der Waals surface area contributed by atoms with Crippen molar-refractivity contribution in [1.29, 1.82) is 0 Å². The summed E-state index contributed by atoms with van der Waals surface area (Å²) in [6.07, 6.45) is 3.96. The van der Waals surface area contributed by atoms with Gasteiger partial charge in [0.1, 0.15) is 5.82 Å². The number of likely N-dealkylation sites (N-methyl/N-ethyl adjacent to an activating group) is 1. The van der Waals surface area contributed by atoms with E-state index in [4.69, 9.17) is 0 Å². The number of hydrogen-bond donors (Lipinski definition) is 0. The molecule has 3 rings (SSSR count). The molecule has 0 saturated carbocycles. The van der Waals surface area contributed by atoms with Gasteiger partial charge >= 0.3 is 0 Å². The molecule has 0 aliphatic rings. The van der Waals surface area contributed by atoms with Gasteiger partial charge in [-0.05, 0) is 18.2 Å². The number of imidazole rings is 1. The molecule has 1 aromatic carbocycles. The lowest BCUT2D eigenvalue weighted by molar-refractivity contribution is -0.129. The number of benzene rings is 1. The molecule has 0 bridgehead atoms. The van der Waals surface area contributed by atoms with E-state index < -0.39 is 0 Å². The van der Waals surface area contributed by atoms with Gasteiger partial charge in [0.2, 0.25) is 5.91 Å². The number of amides is 1. The maximum atomic E-state index is 13.7. The van der Waals surface area contributed by atoms with E-state index in [9.17, 15) is 9.18 Å². The van der Waals surface area contributed by atoms with Crippen molar-refractivity contribution in [3.05, 3.63) is 57.5 Å². The van der Waals surface area contributed by atoms with Gasteiger partial charge in [0.25, 0.3) is 0 Å². The molecule has 7 heteroatoms. The van der Waals surface area contributed by atoms with E-state index in [1.54, 1.807) is 19.2 Å². The SMILES string of the molecule is CN(Cc1cc(Br)ccc1F)C(=O)Cc1cn2ccsc2n1. The maximum Gasteiger partial charge on any atom is 0.228 e. The quantitative estimate of drug-likeness (QED) is 0.693. The molecule has 4 nitrogen and oxygen atoms in total. The predicted molar refractivity (Wildman–Crippen MR) is 87.3 cm³/mol. The topological polar surface area (TPSA) is 37.6 Å². The Labute approximate surface area is 139 Å². The molecular weight excluding hydrogens is 369 g/mol. The number of nitrogens with zero attached hydrogens (tertiary/aromatic N) is 3. The minimum absolute atomic E-state index is 0.0925. The Hall–Kier alpha value is -1.73. The standard InChI is InChI=1S/C15H13BrFN3OS/c1-19(8-10-6-11(16)2-3-13(10)17)14(21)7-12-9-20-4-5-22-15(20)18-12/h2-6,9H,7-8H2,1H3. The van der Waals surface area contributed by atoms with Crippen molar-refractivity contribution >= 4 is 38.1 Å². The molecule has 2 heterocycles. The van der Waals surface area contributed by atoms with Crippen LogP contribution < -0.4 is 0 Å². The molecule has 0 unspecified atom stereocenters. The monoisotopic (exact) mass is 381 g/mol. The summed E-state index contributed by atoms with van der Waals surface area (Å²) in [5.41, 5.74) is 1.20. The predicted octanol–water partition coefficient (Wildman–Crippen LogP) is 3.50. The van der Waals surface area contributed by atoms with Gasteiger partial charge in [0.05, 0.1) is 12.1 Å². The Morgan fingerprint density at radius 2 is 2.32 bits per heavy atom. The van der Waals surface area contributed by atoms with E-state index in [-0.39, 0.29) is 24.7 Å². The zero-order chi connectivity index (χ0) is 15.7. The number of carbonyl (C=O) groups excluding carboxylic acids is 1. The number of aromatic nitrogens is 2. The van der Waals surface area contributed by atoms with E-state index in [0.717, 1.165) is 15.1 Å². The first-order valence-electron chi connectivity index (χ1n) is 6.62. The summed E-state index contributed by atoms with van der Waals surface area (Å²) in [7, 11) is 1.67. The lowest BCUT2D eigenvalue weighted by Gasteiger charge is -2.17. The van der Waals surface area contributed by atoms with Gasteiger partial charge in [0.15, 0.2) is 4.96 Å². The van der Waals surface area contributed by atoms with E-state index in [0.29, 0.717) is 5.56 Å². The Morgan fingerprint density at radius 1 is 1.50 bits per heavy atom. The molecule has 0 fully saturated rings. The van der Waals surface area contributed by atoms with Gasteiger partial charge in [-0.1, -0.05) is 15.9 Å².